The van der Waals surface area contributed by atoms with Gasteiger partial charge in [0.15, 0.2) is 5.76 Å². The second kappa shape index (κ2) is 6.07. The van der Waals surface area contributed by atoms with E-state index < -0.39 is 0 Å². The normalized spacial score (nSPS) is 18.3. The van der Waals surface area contributed by atoms with E-state index in [0.29, 0.717) is 23.3 Å². The summed E-state index contributed by atoms with van der Waals surface area (Å²) in [6.45, 7) is 3.15. The van der Waals surface area contributed by atoms with Crippen molar-refractivity contribution in [1.82, 2.24) is 19.6 Å². The fourth-order valence-corrected chi connectivity index (χ4v) is 3.54. The number of rotatable bonds is 3. The molecule has 1 saturated heterocycles. The maximum atomic E-state index is 13.5. The second-order valence-electron chi connectivity index (χ2n) is 6.55. The predicted octanol–water partition coefficient (Wildman–Crippen LogP) is 2.71. The molecule has 2 aromatic heterocycles. The summed E-state index contributed by atoms with van der Waals surface area (Å²) < 4.78 is 20.5. The van der Waals surface area contributed by atoms with Crippen LogP contribution in [0.3, 0.4) is 0 Å². The lowest BCUT2D eigenvalue weighted by atomic mass is 10.1. The molecular formula is C18H19FN4O2. The van der Waals surface area contributed by atoms with E-state index in [-0.39, 0.29) is 17.4 Å². The van der Waals surface area contributed by atoms with Crippen LogP contribution in [0.4, 0.5) is 4.39 Å². The number of hydrogen-bond acceptors (Lipinski definition) is 5. The van der Waals surface area contributed by atoms with Gasteiger partial charge in [-0.15, -0.1) is 0 Å². The van der Waals surface area contributed by atoms with E-state index in [1.807, 2.05) is 13.0 Å². The number of halogens is 1. The van der Waals surface area contributed by atoms with E-state index in [1.54, 1.807) is 13.1 Å². The maximum absolute atomic E-state index is 13.5. The summed E-state index contributed by atoms with van der Waals surface area (Å²) in [5.74, 6) is 0.458. The predicted molar refractivity (Wildman–Crippen MR) is 90.6 cm³/mol. The van der Waals surface area contributed by atoms with Gasteiger partial charge in [0.2, 0.25) is 0 Å². The molecule has 7 heteroatoms. The number of likely N-dealkylation sites (tertiary alicyclic amines) is 1. The molecule has 6 nitrogen and oxygen atoms in total. The van der Waals surface area contributed by atoms with Crippen LogP contribution in [-0.4, -0.2) is 26.2 Å². The van der Waals surface area contributed by atoms with Crippen molar-refractivity contribution in [3.8, 4) is 0 Å². The Labute approximate surface area is 143 Å². The molecule has 0 unspecified atom stereocenters. The van der Waals surface area contributed by atoms with E-state index >= 15 is 0 Å². The van der Waals surface area contributed by atoms with Gasteiger partial charge in [-0.3, -0.25) is 9.69 Å². The maximum Gasteiger partial charge on any atom is 0.273 e. The lowest BCUT2D eigenvalue weighted by Gasteiger charge is -2.22. The summed E-state index contributed by atoms with van der Waals surface area (Å²) in [5.41, 5.74) is 2.22. The minimum absolute atomic E-state index is 0.0934. The van der Waals surface area contributed by atoms with Gasteiger partial charge in [0.05, 0.1) is 22.8 Å². The summed E-state index contributed by atoms with van der Waals surface area (Å²) in [4.78, 5) is 19.3. The van der Waals surface area contributed by atoms with Crippen molar-refractivity contribution in [1.29, 1.82) is 0 Å². The van der Waals surface area contributed by atoms with Crippen LogP contribution in [0.15, 0.2) is 33.6 Å². The highest BCUT2D eigenvalue weighted by Crippen LogP contribution is 2.33. The van der Waals surface area contributed by atoms with Crippen molar-refractivity contribution in [3.05, 3.63) is 57.6 Å². The van der Waals surface area contributed by atoms with E-state index in [0.717, 1.165) is 30.8 Å². The van der Waals surface area contributed by atoms with Crippen molar-refractivity contribution >= 4 is 11.0 Å². The largest absolute Gasteiger partial charge is 0.359 e. The van der Waals surface area contributed by atoms with Crippen LogP contribution in [0.5, 0.6) is 0 Å². The molecular weight excluding hydrogens is 323 g/mol. The van der Waals surface area contributed by atoms with Gasteiger partial charge in [-0.1, -0.05) is 5.16 Å². The molecule has 1 aliphatic heterocycles. The Morgan fingerprint density at radius 2 is 2.20 bits per heavy atom. The molecule has 130 valence electrons. The highest BCUT2D eigenvalue weighted by atomic mass is 19.1. The smallest absolute Gasteiger partial charge is 0.273 e. The topological polar surface area (TPSA) is 64.2 Å². The molecule has 3 aromatic rings. The van der Waals surface area contributed by atoms with E-state index in [1.165, 1.54) is 16.7 Å². The van der Waals surface area contributed by atoms with Crippen LogP contribution in [0.1, 0.15) is 36.0 Å². The molecule has 4 rings (SSSR count). The standard InChI is InChI=1S/C18H19FN4O2/c1-11-8-17(25-21-11)16-4-3-7-23(16)10-14-18(24)22(2)15-6-5-12(19)9-13(15)20-14/h5-6,8-9,16H,3-4,7,10H2,1-2H3/t16-/m1/s1. The van der Waals surface area contributed by atoms with Crippen molar-refractivity contribution in [3.63, 3.8) is 0 Å². The van der Waals surface area contributed by atoms with Crippen molar-refractivity contribution < 1.29 is 8.91 Å². The average molecular weight is 342 g/mol. The molecule has 1 fully saturated rings. The zero-order valence-corrected chi connectivity index (χ0v) is 14.2. The number of fused-ring (bicyclic) bond motifs is 1. The van der Waals surface area contributed by atoms with Gasteiger partial charge >= 0.3 is 0 Å². The monoisotopic (exact) mass is 342 g/mol. The zero-order valence-electron chi connectivity index (χ0n) is 14.2. The van der Waals surface area contributed by atoms with Crippen molar-refractivity contribution in [2.24, 2.45) is 7.05 Å². The average Bonchev–Trinajstić information content (AvgIpc) is 3.20. The molecule has 0 radical (unpaired) electrons. The lowest BCUT2D eigenvalue weighted by Crippen LogP contribution is -2.30. The van der Waals surface area contributed by atoms with Crippen LogP contribution in [-0.2, 0) is 13.6 Å². The van der Waals surface area contributed by atoms with Gasteiger partial charge in [-0.05, 0) is 38.4 Å². The first kappa shape index (κ1) is 16.0. The minimum Gasteiger partial charge on any atom is -0.359 e. The fourth-order valence-electron chi connectivity index (χ4n) is 3.54. The van der Waals surface area contributed by atoms with E-state index in [9.17, 15) is 9.18 Å². The van der Waals surface area contributed by atoms with Crippen LogP contribution < -0.4 is 5.56 Å². The number of hydrogen-bond donors (Lipinski definition) is 0. The summed E-state index contributed by atoms with van der Waals surface area (Å²) in [6.07, 6.45) is 1.98. The molecule has 1 aromatic carbocycles. The van der Waals surface area contributed by atoms with Gasteiger partial charge in [0.1, 0.15) is 11.5 Å². The first-order valence-electron chi connectivity index (χ1n) is 8.35. The Hall–Kier alpha value is -2.54. The molecule has 0 saturated carbocycles. The Bertz CT molecular complexity index is 994. The molecule has 0 spiro atoms. The van der Waals surface area contributed by atoms with Gasteiger partial charge in [0, 0.05) is 25.7 Å². The van der Waals surface area contributed by atoms with Crippen LogP contribution in [0.2, 0.25) is 0 Å². The van der Waals surface area contributed by atoms with Crippen molar-refractivity contribution in [2.45, 2.75) is 32.4 Å². The highest BCUT2D eigenvalue weighted by Gasteiger charge is 2.30. The Morgan fingerprint density at radius 3 is 2.96 bits per heavy atom. The molecule has 25 heavy (non-hydrogen) atoms. The first-order valence-corrected chi connectivity index (χ1v) is 8.35. The van der Waals surface area contributed by atoms with E-state index in [2.05, 4.69) is 15.0 Å². The third-order valence-electron chi connectivity index (χ3n) is 4.80. The van der Waals surface area contributed by atoms with Gasteiger partial charge in [-0.2, -0.15) is 0 Å². The Balaban J connectivity index is 1.70. The van der Waals surface area contributed by atoms with Crippen LogP contribution in [0.25, 0.3) is 11.0 Å². The molecule has 0 amide bonds. The number of nitrogens with zero attached hydrogens (tertiary/aromatic N) is 4. The Kier molecular flexibility index (Phi) is 3.88. The number of aromatic nitrogens is 3. The number of aryl methyl sites for hydroxylation is 2. The van der Waals surface area contributed by atoms with Gasteiger partial charge < -0.3 is 9.09 Å². The summed E-state index contributed by atoms with van der Waals surface area (Å²) >= 11 is 0. The summed E-state index contributed by atoms with van der Waals surface area (Å²) in [5, 5.41) is 3.96. The van der Waals surface area contributed by atoms with E-state index in [4.69, 9.17) is 4.52 Å². The van der Waals surface area contributed by atoms with Gasteiger partial charge in [-0.25, -0.2) is 9.37 Å². The number of benzene rings is 1. The minimum atomic E-state index is -0.360. The molecule has 0 bridgehead atoms. The first-order chi connectivity index (χ1) is 12.0. The van der Waals surface area contributed by atoms with Crippen molar-refractivity contribution in [2.75, 3.05) is 6.54 Å². The fraction of sp³-hybridized carbons (Fsp3) is 0.389. The third-order valence-corrected chi connectivity index (χ3v) is 4.80. The van der Waals surface area contributed by atoms with Crippen LogP contribution >= 0.6 is 0 Å². The Morgan fingerprint density at radius 1 is 1.36 bits per heavy atom. The third kappa shape index (κ3) is 2.84. The quantitative estimate of drug-likeness (QED) is 0.732. The highest BCUT2D eigenvalue weighted by molar-refractivity contribution is 5.74. The molecule has 1 aliphatic rings. The molecule has 3 heterocycles. The summed E-state index contributed by atoms with van der Waals surface area (Å²) in [7, 11) is 1.69. The second-order valence-corrected chi connectivity index (χ2v) is 6.55. The lowest BCUT2D eigenvalue weighted by molar-refractivity contribution is 0.204. The zero-order chi connectivity index (χ0) is 17.6. The SMILES string of the molecule is Cc1cc([C@H]2CCCN2Cc2nc3cc(F)ccc3n(C)c2=O)on1. The molecule has 0 N–H and O–H groups in total. The van der Waals surface area contributed by atoms with Crippen LogP contribution in [0, 0.1) is 12.7 Å². The summed E-state index contributed by atoms with van der Waals surface area (Å²) in [6, 6.07) is 6.31. The molecule has 1 atom stereocenters. The van der Waals surface area contributed by atoms with Gasteiger partial charge in [0.25, 0.3) is 5.56 Å². The molecule has 0 aliphatic carbocycles.